The molecule has 0 aromatic heterocycles. The van der Waals surface area contributed by atoms with Crippen LogP contribution in [0.2, 0.25) is 0 Å². The molecule has 158 valence electrons. The smallest absolute Gasteiger partial charge is 0.327 e. The molecule has 0 bridgehead atoms. The van der Waals surface area contributed by atoms with Gasteiger partial charge in [-0.3, -0.25) is 19.9 Å². The van der Waals surface area contributed by atoms with Crippen LogP contribution in [0.1, 0.15) is 25.8 Å². The number of fused-ring (bicyclic) bond motifs is 3. The van der Waals surface area contributed by atoms with Crippen LogP contribution in [-0.2, 0) is 11.2 Å². The van der Waals surface area contributed by atoms with Gasteiger partial charge < -0.3 is 14.9 Å². The van der Waals surface area contributed by atoms with E-state index in [1.165, 1.54) is 10.5 Å². The highest BCUT2D eigenvalue weighted by Crippen LogP contribution is 2.34. The Balaban J connectivity index is 1.63. The van der Waals surface area contributed by atoms with E-state index in [9.17, 15) is 9.59 Å². The van der Waals surface area contributed by atoms with Gasteiger partial charge in [-0.1, -0.05) is 26.0 Å². The number of urea groups is 1. The molecule has 0 aliphatic carbocycles. The molecular formula is C21H31N5O3. The standard InChI is InChI=1S/C21H31N5O3/c1-4-15-6-8-16(9-7-15)25-12-14(2)13-26-17-18(22-20(25)26)23(3)21(29)24(19(17)28)10-5-11-27/h6-9,14,17-18,20,22,27H,4-5,10-13H2,1-3H3. The third-order valence-corrected chi connectivity index (χ3v) is 6.30. The monoisotopic (exact) mass is 401 g/mol. The zero-order valence-corrected chi connectivity index (χ0v) is 17.4. The summed E-state index contributed by atoms with van der Waals surface area (Å²) < 4.78 is 0. The van der Waals surface area contributed by atoms with Crippen LogP contribution in [0.3, 0.4) is 0 Å². The quantitative estimate of drug-likeness (QED) is 0.762. The number of carbonyl (C=O) groups is 2. The molecule has 8 heteroatoms. The van der Waals surface area contributed by atoms with E-state index in [4.69, 9.17) is 5.11 Å². The van der Waals surface area contributed by atoms with E-state index in [1.807, 2.05) is 0 Å². The molecule has 0 spiro atoms. The van der Waals surface area contributed by atoms with Crippen molar-refractivity contribution >= 4 is 17.6 Å². The van der Waals surface area contributed by atoms with E-state index >= 15 is 0 Å². The predicted molar refractivity (Wildman–Crippen MR) is 110 cm³/mol. The first-order valence-electron chi connectivity index (χ1n) is 10.5. The number of rotatable bonds is 5. The van der Waals surface area contributed by atoms with Crippen molar-refractivity contribution in [1.29, 1.82) is 0 Å². The molecule has 3 saturated heterocycles. The molecule has 4 unspecified atom stereocenters. The predicted octanol–water partition coefficient (Wildman–Crippen LogP) is 0.865. The summed E-state index contributed by atoms with van der Waals surface area (Å²) in [5.74, 6) is 0.219. The molecule has 3 aliphatic rings. The van der Waals surface area contributed by atoms with E-state index in [0.717, 1.165) is 25.2 Å². The minimum absolute atomic E-state index is 0.0436. The number of hydrogen-bond acceptors (Lipinski definition) is 6. The second kappa shape index (κ2) is 7.93. The second-order valence-electron chi connectivity index (χ2n) is 8.36. The Morgan fingerprint density at radius 2 is 1.90 bits per heavy atom. The third-order valence-electron chi connectivity index (χ3n) is 6.30. The van der Waals surface area contributed by atoms with Crippen molar-refractivity contribution in [2.24, 2.45) is 5.92 Å². The molecule has 29 heavy (non-hydrogen) atoms. The van der Waals surface area contributed by atoms with Crippen molar-refractivity contribution in [2.45, 2.75) is 45.2 Å². The molecular weight excluding hydrogens is 370 g/mol. The number of aliphatic hydroxyl groups excluding tert-OH is 1. The summed E-state index contributed by atoms with van der Waals surface area (Å²) in [5.41, 5.74) is 2.41. The van der Waals surface area contributed by atoms with Gasteiger partial charge >= 0.3 is 6.03 Å². The van der Waals surface area contributed by atoms with Gasteiger partial charge in [0, 0.05) is 39.0 Å². The fraction of sp³-hybridized carbons (Fsp3) is 0.619. The summed E-state index contributed by atoms with van der Waals surface area (Å²) >= 11 is 0. The lowest BCUT2D eigenvalue weighted by atomic mass is 10.0. The Morgan fingerprint density at radius 1 is 1.17 bits per heavy atom. The van der Waals surface area contributed by atoms with Gasteiger partial charge in [-0.25, -0.2) is 4.79 Å². The highest BCUT2D eigenvalue weighted by molar-refractivity contribution is 6.00. The molecule has 3 heterocycles. The fourth-order valence-corrected chi connectivity index (χ4v) is 4.78. The number of anilines is 1. The van der Waals surface area contributed by atoms with Crippen molar-refractivity contribution in [2.75, 3.05) is 38.2 Å². The lowest BCUT2D eigenvalue weighted by molar-refractivity contribution is -0.139. The van der Waals surface area contributed by atoms with Crippen LogP contribution in [0.4, 0.5) is 10.5 Å². The number of likely N-dealkylation sites (N-methyl/N-ethyl adjacent to an activating group) is 1. The van der Waals surface area contributed by atoms with E-state index in [1.54, 1.807) is 11.9 Å². The van der Waals surface area contributed by atoms with Gasteiger partial charge in [0.15, 0.2) is 0 Å². The molecule has 3 amide bonds. The number of aryl methyl sites for hydroxylation is 1. The molecule has 3 fully saturated rings. The summed E-state index contributed by atoms with van der Waals surface area (Å²) in [4.78, 5) is 33.4. The lowest BCUT2D eigenvalue weighted by Crippen LogP contribution is -2.66. The van der Waals surface area contributed by atoms with Crippen molar-refractivity contribution < 1.29 is 14.7 Å². The number of benzene rings is 1. The third kappa shape index (κ3) is 3.39. The van der Waals surface area contributed by atoms with Crippen molar-refractivity contribution in [3.05, 3.63) is 29.8 Å². The molecule has 1 aromatic rings. The minimum Gasteiger partial charge on any atom is -0.396 e. The van der Waals surface area contributed by atoms with Crippen LogP contribution in [0.25, 0.3) is 0 Å². The highest BCUT2D eigenvalue weighted by Gasteiger charge is 2.56. The van der Waals surface area contributed by atoms with Crippen LogP contribution in [0.15, 0.2) is 24.3 Å². The number of nitrogens with zero attached hydrogens (tertiary/aromatic N) is 4. The summed E-state index contributed by atoms with van der Waals surface area (Å²) in [6.45, 7) is 6.23. The molecule has 2 N–H and O–H groups in total. The zero-order valence-electron chi connectivity index (χ0n) is 17.4. The Labute approximate surface area is 172 Å². The van der Waals surface area contributed by atoms with E-state index in [2.05, 4.69) is 53.2 Å². The number of carbonyl (C=O) groups excluding carboxylic acids is 2. The molecule has 0 radical (unpaired) electrons. The van der Waals surface area contributed by atoms with Crippen molar-refractivity contribution in [1.82, 2.24) is 20.0 Å². The van der Waals surface area contributed by atoms with Gasteiger partial charge in [-0.15, -0.1) is 0 Å². The van der Waals surface area contributed by atoms with Crippen molar-refractivity contribution in [3.63, 3.8) is 0 Å². The summed E-state index contributed by atoms with van der Waals surface area (Å²) in [6.07, 6.45) is 0.907. The number of hydrogen-bond donors (Lipinski definition) is 2. The number of amides is 3. The van der Waals surface area contributed by atoms with E-state index in [-0.39, 0.29) is 37.5 Å². The van der Waals surface area contributed by atoms with Crippen LogP contribution in [-0.4, -0.2) is 83.5 Å². The zero-order chi connectivity index (χ0) is 20.7. The van der Waals surface area contributed by atoms with Gasteiger partial charge in [-0.05, 0) is 36.5 Å². The summed E-state index contributed by atoms with van der Waals surface area (Å²) in [6, 6.07) is 7.87. The first-order valence-corrected chi connectivity index (χ1v) is 10.5. The van der Waals surface area contributed by atoms with Gasteiger partial charge in [0.2, 0.25) is 0 Å². The summed E-state index contributed by atoms with van der Waals surface area (Å²) in [5, 5.41) is 12.7. The van der Waals surface area contributed by atoms with E-state index in [0.29, 0.717) is 12.3 Å². The van der Waals surface area contributed by atoms with Crippen molar-refractivity contribution in [3.8, 4) is 0 Å². The number of aliphatic hydroxyl groups is 1. The largest absolute Gasteiger partial charge is 0.396 e. The Bertz CT molecular complexity index is 770. The number of nitrogens with one attached hydrogen (secondary N) is 1. The Morgan fingerprint density at radius 3 is 2.55 bits per heavy atom. The van der Waals surface area contributed by atoms with Crippen LogP contribution >= 0.6 is 0 Å². The molecule has 4 rings (SSSR count). The van der Waals surface area contributed by atoms with Gasteiger partial charge in [0.1, 0.15) is 18.5 Å². The Kier molecular flexibility index (Phi) is 5.50. The maximum absolute atomic E-state index is 13.3. The first-order chi connectivity index (χ1) is 14.0. The SMILES string of the molecule is CCc1ccc(N2CC(C)CN3C4C(=O)N(CCCO)C(=O)N(C)C4NC23)cc1. The number of imide groups is 1. The van der Waals surface area contributed by atoms with Gasteiger partial charge in [0.05, 0.1) is 0 Å². The topological polar surface area (TPSA) is 79.4 Å². The normalized spacial score (nSPS) is 30.0. The molecule has 3 aliphatic heterocycles. The Hall–Kier alpha value is -2.16. The van der Waals surface area contributed by atoms with Crippen LogP contribution in [0, 0.1) is 5.92 Å². The molecule has 8 nitrogen and oxygen atoms in total. The van der Waals surface area contributed by atoms with Gasteiger partial charge in [-0.2, -0.15) is 0 Å². The van der Waals surface area contributed by atoms with Gasteiger partial charge in [0.25, 0.3) is 5.91 Å². The average molecular weight is 402 g/mol. The molecule has 1 aromatic carbocycles. The van der Waals surface area contributed by atoms with Crippen LogP contribution < -0.4 is 10.2 Å². The van der Waals surface area contributed by atoms with Crippen LogP contribution in [0.5, 0.6) is 0 Å². The summed E-state index contributed by atoms with van der Waals surface area (Å²) in [7, 11) is 1.74. The molecule has 0 saturated carbocycles. The molecule has 4 atom stereocenters. The highest BCUT2D eigenvalue weighted by atomic mass is 16.3. The minimum atomic E-state index is -0.415. The average Bonchev–Trinajstić information content (AvgIpc) is 3.11. The second-order valence-corrected chi connectivity index (χ2v) is 8.36. The lowest BCUT2D eigenvalue weighted by Gasteiger charge is -2.46. The maximum atomic E-state index is 13.3. The maximum Gasteiger partial charge on any atom is 0.327 e. The van der Waals surface area contributed by atoms with E-state index < -0.39 is 6.04 Å². The first kappa shape index (κ1) is 20.1. The fourth-order valence-electron chi connectivity index (χ4n) is 4.78.